The van der Waals surface area contributed by atoms with Gasteiger partial charge < -0.3 is 26.6 Å². The van der Waals surface area contributed by atoms with Crippen molar-refractivity contribution in [3.8, 4) is 0 Å². The first-order valence-electron chi connectivity index (χ1n) is 2.55. The monoisotopic (exact) mass is 213 g/mol. The molecule has 0 aliphatic carbocycles. The van der Waals surface area contributed by atoms with Crippen molar-refractivity contribution in [1.82, 2.24) is 14.2 Å². The molecule has 0 unspecified atom stereocenters. The summed E-state index contributed by atoms with van der Waals surface area (Å²) in [6, 6.07) is 0. The van der Waals surface area contributed by atoms with Crippen LogP contribution in [-0.2, 0) is 0 Å². The van der Waals surface area contributed by atoms with Crippen LogP contribution in [0.1, 0.15) is 0 Å². The number of nitrogens with zero attached hydrogens (tertiary/aromatic N) is 3. The Labute approximate surface area is 73.4 Å². The zero-order valence-corrected chi connectivity index (χ0v) is 6.41. The van der Waals surface area contributed by atoms with Crippen molar-refractivity contribution in [3.63, 3.8) is 0 Å². The van der Waals surface area contributed by atoms with E-state index in [0.717, 1.165) is 0 Å². The van der Waals surface area contributed by atoms with Gasteiger partial charge in [0.05, 0.1) is 0 Å². The molecule has 1 rings (SSSR count). The third kappa shape index (κ3) is 1.57. The van der Waals surface area contributed by atoms with Crippen molar-refractivity contribution in [3.05, 3.63) is 31.5 Å². The van der Waals surface area contributed by atoms with Crippen LogP contribution in [0.4, 0.5) is 0 Å². The summed E-state index contributed by atoms with van der Waals surface area (Å²) in [6.45, 7) is 0. The summed E-state index contributed by atoms with van der Waals surface area (Å²) < 4.78 is -1.87. The molecule has 0 spiro atoms. The van der Waals surface area contributed by atoms with Gasteiger partial charge in [-0.3, -0.25) is 0 Å². The van der Waals surface area contributed by atoms with E-state index < -0.39 is 31.3 Å². The lowest BCUT2D eigenvalue weighted by Gasteiger charge is -1.98. The lowest BCUT2D eigenvalue weighted by Crippen LogP contribution is -2.52. The first-order valence-corrected chi connectivity index (χ1v) is 2.55. The Morgan fingerprint density at radius 3 is 0.929 bits per heavy atom. The summed E-state index contributed by atoms with van der Waals surface area (Å²) in [7, 11) is 0. The van der Waals surface area contributed by atoms with Crippen LogP contribution < -0.4 is 17.1 Å². The van der Waals surface area contributed by atoms with Gasteiger partial charge in [-0.05, 0) is 0 Å². The molecule has 14 heavy (non-hydrogen) atoms. The van der Waals surface area contributed by atoms with Crippen LogP contribution in [0.5, 0.6) is 0 Å². The van der Waals surface area contributed by atoms with Crippen LogP contribution in [0.25, 0.3) is 0 Å². The van der Waals surface area contributed by atoms with Gasteiger partial charge in [0.25, 0.3) is 0 Å². The standard InChI is InChI=1S/C3H3N3O6.2H2O/c7-1-4(10)2(8)6(12)3(9)5(1)11;;/h10-12H;2*1H2. The highest BCUT2D eigenvalue weighted by atomic mass is 16.6. The normalized spacial score (nSPS) is 8.57. The van der Waals surface area contributed by atoms with Crippen molar-refractivity contribution < 1.29 is 26.6 Å². The van der Waals surface area contributed by atoms with Gasteiger partial charge in [0.2, 0.25) is 0 Å². The molecule has 7 N–H and O–H groups in total. The number of rotatable bonds is 0. The van der Waals surface area contributed by atoms with Crippen LogP contribution in [0.2, 0.25) is 0 Å². The summed E-state index contributed by atoms with van der Waals surface area (Å²) in [5.41, 5.74) is -4.97. The van der Waals surface area contributed by atoms with Gasteiger partial charge in [-0.15, -0.1) is 0 Å². The molecule has 1 aromatic rings. The molecule has 82 valence electrons. The third-order valence-corrected chi connectivity index (χ3v) is 1.09. The van der Waals surface area contributed by atoms with E-state index in [-0.39, 0.29) is 11.0 Å². The largest absolute Gasteiger partial charge is 0.420 e. The average Bonchev–Trinajstić information content (AvgIpc) is 2.08. The summed E-state index contributed by atoms with van der Waals surface area (Å²) in [4.78, 5) is 31.4. The van der Waals surface area contributed by atoms with Gasteiger partial charge >= 0.3 is 17.1 Å². The van der Waals surface area contributed by atoms with Crippen molar-refractivity contribution in [1.29, 1.82) is 0 Å². The molecule has 11 heteroatoms. The van der Waals surface area contributed by atoms with Crippen molar-refractivity contribution in [2.45, 2.75) is 0 Å². The number of hydrogen-bond acceptors (Lipinski definition) is 6. The van der Waals surface area contributed by atoms with Gasteiger partial charge in [0.15, 0.2) is 0 Å². The maximum Gasteiger partial charge on any atom is 0.403 e. The minimum Gasteiger partial charge on any atom is -0.420 e. The molecular weight excluding hydrogens is 206 g/mol. The topological polar surface area (TPSA) is 190 Å². The zero-order chi connectivity index (χ0) is 9.46. The Kier molecular flexibility index (Phi) is 4.18. The van der Waals surface area contributed by atoms with Gasteiger partial charge in [-0.2, -0.15) is 0 Å². The van der Waals surface area contributed by atoms with Gasteiger partial charge in [-0.1, -0.05) is 14.2 Å². The summed E-state index contributed by atoms with van der Waals surface area (Å²) in [5, 5.41) is 25.5. The van der Waals surface area contributed by atoms with E-state index in [4.69, 9.17) is 15.6 Å². The van der Waals surface area contributed by atoms with Crippen molar-refractivity contribution >= 4 is 0 Å². The Morgan fingerprint density at radius 1 is 0.643 bits per heavy atom. The molecule has 0 atom stereocenters. The Bertz CT molecular complexity index is 376. The second-order valence-electron chi connectivity index (χ2n) is 1.78. The molecule has 1 aromatic heterocycles. The zero-order valence-electron chi connectivity index (χ0n) is 6.41. The van der Waals surface area contributed by atoms with Gasteiger partial charge in [-0.25, -0.2) is 14.4 Å². The van der Waals surface area contributed by atoms with Crippen LogP contribution in [0, 0.1) is 0 Å². The van der Waals surface area contributed by atoms with E-state index in [2.05, 4.69) is 0 Å². The molecule has 0 aliphatic rings. The molecule has 0 saturated heterocycles. The minimum absolute atomic E-state index is 0. The maximum atomic E-state index is 10.5. The molecule has 0 bridgehead atoms. The smallest absolute Gasteiger partial charge is 0.403 e. The van der Waals surface area contributed by atoms with Gasteiger partial charge in [0, 0.05) is 0 Å². The number of aromatic nitrogens is 3. The van der Waals surface area contributed by atoms with E-state index in [1.54, 1.807) is 0 Å². The Morgan fingerprint density at radius 2 is 0.786 bits per heavy atom. The van der Waals surface area contributed by atoms with E-state index in [9.17, 15) is 14.4 Å². The molecule has 11 nitrogen and oxygen atoms in total. The lowest BCUT2D eigenvalue weighted by molar-refractivity contribution is 0.0334. The first-order chi connectivity index (χ1) is 5.46. The first kappa shape index (κ1) is 14.3. The Hall–Kier alpha value is -2.27. The average molecular weight is 213 g/mol. The summed E-state index contributed by atoms with van der Waals surface area (Å²) in [6.07, 6.45) is 0. The third-order valence-electron chi connectivity index (χ3n) is 1.09. The van der Waals surface area contributed by atoms with E-state index in [1.165, 1.54) is 0 Å². The second-order valence-corrected chi connectivity index (χ2v) is 1.78. The lowest BCUT2D eigenvalue weighted by atomic mass is 11.0. The molecule has 0 saturated carbocycles. The minimum atomic E-state index is -1.66. The van der Waals surface area contributed by atoms with E-state index in [1.807, 2.05) is 0 Å². The van der Waals surface area contributed by atoms with Crippen LogP contribution in [0.15, 0.2) is 14.4 Å². The van der Waals surface area contributed by atoms with Crippen LogP contribution >= 0.6 is 0 Å². The highest BCUT2D eigenvalue weighted by Crippen LogP contribution is 1.56. The fraction of sp³-hybridized carbons (Fsp3) is 0. The van der Waals surface area contributed by atoms with Crippen LogP contribution in [-0.4, -0.2) is 40.8 Å². The highest BCUT2D eigenvalue weighted by Gasteiger charge is 2.12. The van der Waals surface area contributed by atoms with E-state index >= 15 is 0 Å². The SMILES string of the molecule is O.O.O=c1n(O)c(=O)n(O)c(=O)n1O. The molecule has 0 aromatic carbocycles. The Balaban J connectivity index is 0. The summed E-state index contributed by atoms with van der Waals surface area (Å²) >= 11 is 0. The van der Waals surface area contributed by atoms with Crippen LogP contribution in [0.3, 0.4) is 0 Å². The molecule has 0 radical (unpaired) electrons. The molecule has 1 heterocycles. The highest BCUT2D eigenvalue weighted by molar-refractivity contribution is 4.68. The fourth-order valence-corrected chi connectivity index (χ4v) is 0.515. The van der Waals surface area contributed by atoms with E-state index in [0.29, 0.717) is 0 Å². The fourth-order valence-electron chi connectivity index (χ4n) is 0.515. The quantitative estimate of drug-likeness (QED) is 0.362. The molecular formula is C3H7N3O8. The van der Waals surface area contributed by atoms with Crippen molar-refractivity contribution in [2.24, 2.45) is 0 Å². The predicted octanol–water partition coefficient (Wildman–Crippen LogP) is -4.77. The maximum absolute atomic E-state index is 10.5. The van der Waals surface area contributed by atoms with Crippen molar-refractivity contribution in [2.75, 3.05) is 0 Å². The molecule has 0 aliphatic heterocycles. The molecule has 0 amide bonds. The number of hydrogen-bond donors (Lipinski definition) is 3. The summed E-state index contributed by atoms with van der Waals surface area (Å²) in [5.74, 6) is 0. The van der Waals surface area contributed by atoms with Gasteiger partial charge in [0.1, 0.15) is 0 Å². The predicted molar refractivity (Wildman–Crippen MR) is 38.0 cm³/mol. The molecule has 0 fully saturated rings. The second kappa shape index (κ2) is 4.11.